The number of carbonyl (C=O) groups is 2. The second-order valence-corrected chi connectivity index (χ2v) is 7.06. The van der Waals surface area contributed by atoms with Crippen LogP contribution in [0, 0.1) is 0 Å². The first-order chi connectivity index (χ1) is 14.2. The summed E-state index contributed by atoms with van der Waals surface area (Å²) in [7, 11) is 0. The van der Waals surface area contributed by atoms with Crippen molar-refractivity contribution in [2.75, 3.05) is 19.8 Å². The second-order valence-electron chi connectivity index (χ2n) is 7.06. The van der Waals surface area contributed by atoms with Gasteiger partial charge in [0.25, 0.3) is 5.91 Å². The van der Waals surface area contributed by atoms with Gasteiger partial charge in [-0.25, -0.2) is 0 Å². The summed E-state index contributed by atoms with van der Waals surface area (Å²) in [5, 5.41) is 19.0. The van der Waals surface area contributed by atoms with Crippen molar-refractivity contribution in [1.29, 1.82) is 0 Å². The van der Waals surface area contributed by atoms with E-state index in [1.165, 1.54) is 6.07 Å². The van der Waals surface area contributed by atoms with E-state index in [-0.39, 0.29) is 29.9 Å². The van der Waals surface area contributed by atoms with Crippen molar-refractivity contribution in [2.24, 2.45) is 0 Å². The fourth-order valence-corrected chi connectivity index (χ4v) is 3.74. The van der Waals surface area contributed by atoms with E-state index in [9.17, 15) is 19.8 Å². The predicted molar refractivity (Wildman–Crippen MR) is 107 cm³/mol. The van der Waals surface area contributed by atoms with Gasteiger partial charge in [0.2, 0.25) is 0 Å². The van der Waals surface area contributed by atoms with Crippen molar-refractivity contribution < 1.29 is 24.5 Å². The molecule has 29 heavy (non-hydrogen) atoms. The lowest BCUT2D eigenvalue weighted by atomic mass is 9.98. The molecule has 7 heteroatoms. The number of hydrogen-bond donors (Lipinski definition) is 2. The third-order valence-electron chi connectivity index (χ3n) is 5.23. The van der Waals surface area contributed by atoms with E-state index in [2.05, 4.69) is 4.98 Å². The number of amides is 1. The van der Waals surface area contributed by atoms with Gasteiger partial charge in [-0.2, -0.15) is 0 Å². The Kier molecular flexibility index (Phi) is 7.19. The monoisotopic (exact) mass is 398 g/mol. The number of phenols is 1. The first kappa shape index (κ1) is 20.8. The number of likely N-dealkylation sites (tertiary alicyclic amines) is 1. The molecular formula is C22H26N2O5. The number of aromatic hydroxyl groups is 1. The molecule has 0 saturated carbocycles. The van der Waals surface area contributed by atoms with Crippen molar-refractivity contribution >= 4 is 12.2 Å². The molecule has 1 saturated heterocycles. The number of nitrogens with zero attached hydrogens (tertiary/aromatic N) is 2. The number of rotatable bonds is 8. The van der Waals surface area contributed by atoms with Crippen LogP contribution in [0.3, 0.4) is 0 Å². The van der Waals surface area contributed by atoms with Gasteiger partial charge >= 0.3 is 0 Å². The zero-order valence-corrected chi connectivity index (χ0v) is 16.3. The fourth-order valence-electron chi connectivity index (χ4n) is 3.74. The number of carbonyl (C=O) groups excluding carboxylic acids is 2. The van der Waals surface area contributed by atoms with Crippen LogP contribution in [0.5, 0.6) is 11.5 Å². The Hall–Kier alpha value is -2.93. The number of aromatic nitrogens is 1. The molecule has 0 radical (unpaired) electrons. The molecule has 1 aromatic carbocycles. The summed E-state index contributed by atoms with van der Waals surface area (Å²) in [6.07, 6.45) is 6.03. The minimum Gasteiger partial charge on any atom is -0.507 e. The summed E-state index contributed by atoms with van der Waals surface area (Å²) in [5.74, 6) is 0.156. The molecule has 1 amide bonds. The smallest absolute Gasteiger partial charge is 0.255 e. The Bertz CT molecular complexity index is 855. The van der Waals surface area contributed by atoms with Crippen molar-refractivity contribution in [1.82, 2.24) is 9.88 Å². The number of benzene rings is 1. The highest BCUT2D eigenvalue weighted by Gasteiger charge is 2.28. The van der Waals surface area contributed by atoms with Crippen LogP contribution in [0.2, 0.25) is 0 Å². The lowest BCUT2D eigenvalue weighted by Gasteiger charge is -2.36. The van der Waals surface area contributed by atoms with Crippen molar-refractivity contribution in [3.8, 4) is 11.5 Å². The molecule has 1 aliphatic rings. The molecule has 2 N–H and O–H groups in total. The molecule has 0 spiro atoms. The maximum atomic E-state index is 13.2. The van der Waals surface area contributed by atoms with Crippen LogP contribution in [-0.2, 0) is 6.42 Å². The second kappa shape index (κ2) is 10.0. The third-order valence-corrected chi connectivity index (χ3v) is 5.23. The molecule has 0 bridgehead atoms. The van der Waals surface area contributed by atoms with E-state index in [4.69, 9.17) is 4.74 Å². The number of aliphatic hydroxyl groups excluding tert-OH is 1. The highest BCUT2D eigenvalue weighted by Crippen LogP contribution is 2.27. The number of piperidine rings is 1. The molecule has 154 valence electrons. The summed E-state index contributed by atoms with van der Waals surface area (Å²) >= 11 is 0. The molecule has 1 fully saturated rings. The van der Waals surface area contributed by atoms with Gasteiger partial charge in [0.05, 0.1) is 23.4 Å². The Morgan fingerprint density at radius 2 is 2.14 bits per heavy atom. The number of hydrogen-bond acceptors (Lipinski definition) is 6. The third kappa shape index (κ3) is 4.92. The lowest BCUT2D eigenvalue weighted by Crippen LogP contribution is -2.44. The number of aldehydes is 1. The lowest BCUT2D eigenvalue weighted by molar-refractivity contribution is 0.0578. The zero-order valence-electron chi connectivity index (χ0n) is 16.3. The summed E-state index contributed by atoms with van der Waals surface area (Å²) in [4.78, 5) is 30.5. The summed E-state index contributed by atoms with van der Waals surface area (Å²) in [6.45, 7) is 0.940. The number of ether oxygens (including phenoxy) is 1. The number of phenolic OH excluding ortho intramolecular Hbond substituents is 1. The SMILES string of the molecule is O=Cc1c(O)cccc1OCC[C@@H]1CCCCN1C(=O)c1cccnc1CCO. The molecular weight excluding hydrogens is 372 g/mol. The summed E-state index contributed by atoms with van der Waals surface area (Å²) in [5.41, 5.74) is 1.27. The molecule has 3 rings (SSSR count). The molecule has 2 aromatic rings. The van der Waals surface area contributed by atoms with Gasteiger partial charge in [0, 0.05) is 38.2 Å². The van der Waals surface area contributed by atoms with Gasteiger partial charge < -0.3 is 19.8 Å². The average molecular weight is 398 g/mol. The van der Waals surface area contributed by atoms with Crippen molar-refractivity contribution in [2.45, 2.75) is 38.1 Å². The predicted octanol–water partition coefficient (Wildman–Crippen LogP) is 2.60. The maximum absolute atomic E-state index is 13.2. The van der Waals surface area contributed by atoms with E-state index in [1.54, 1.807) is 30.5 Å². The summed E-state index contributed by atoms with van der Waals surface area (Å²) in [6, 6.07) is 8.22. The van der Waals surface area contributed by atoms with Crippen molar-refractivity contribution in [3.63, 3.8) is 0 Å². The highest BCUT2D eigenvalue weighted by molar-refractivity contribution is 5.95. The Balaban J connectivity index is 1.68. The number of aliphatic hydroxyl groups is 1. The van der Waals surface area contributed by atoms with Gasteiger partial charge in [-0.3, -0.25) is 14.6 Å². The molecule has 7 nitrogen and oxygen atoms in total. The van der Waals surface area contributed by atoms with E-state index >= 15 is 0 Å². The quantitative estimate of drug-likeness (QED) is 0.663. The molecule has 2 heterocycles. The standard InChI is InChI=1S/C22H26N2O5/c25-13-9-19-17(6-4-11-23-19)22(28)24-12-2-1-5-16(24)10-14-29-21-8-3-7-20(27)18(21)15-26/h3-4,6-8,11,15-16,25,27H,1-2,5,9-10,12-14H2/t16-/m0/s1. The molecule has 0 unspecified atom stereocenters. The van der Waals surface area contributed by atoms with Crippen LogP contribution < -0.4 is 4.74 Å². The van der Waals surface area contributed by atoms with Crippen LogP contribution in [0.25, 0.3) is 0 Å². The van der Waals surface area contributed by atoms with Crippen molar-refractivity contribution in [3.05, 3.63) is 53.3 Å². The van der Waals surface area contributed by atoms with Crippen LogP contribution in [-0.4, -0.2) is 58.1 Å². The zero-order chi connectivity index (χ0) is 20.6. The maximum Gasteiger partial charge on any atom is 0.255 e. The normalized spacial score (nSPS) is 16.4. The molecule has 1 aromatic heterocycles. The Labute approximate surface area is 170 Å². The van der Waals surface area contributed by atoms with Crippen LogP contribution in [0.4, 0.5) is 0 Å². The number of pyridine rings is 1. The largest absolute Gasteiger partial charge is 0.507 e. The Morgan fingerprint density at radius 1 is 1.28 bits per heavy atom. The van der Waals surface area contributed by atoms with Crippen LogP contribution >= 0.6 is 0 Å². The van der Waals surface area contributed by atoms with Crippen LogP contribution in [0.1, 0.15) is 52.1 Å². The van der Waals surface area contributed by atoms with E-state index in [0.717, 1.165) is 19.3 Å². The van der Waals surface area contributed by atoms with Gasteiger partial charge in [-0.15, -0.1) is 0 Å². The van der Waals surface area contributed by atoms with Gasteiger partial charge in [-0.05, 0) is 43.5 Å². The topological polar surface area (TPSA) is 100.0 Å². The van der Waals surface area contributed by atoms with E-state index < -0.39 is 0 Å². The summed E-state index contributed by atoms with van der Waals surface area (Å²) < 4.78 is 5.73. The fraction of sp³-hybridized carbons (Fsp3) is 0.409. The first-order valence-corrected chi connectivity index (χ1v) is 9.91. The van der Waals surface area contributed by atoms with E-state index in [0.29, 0.717) is 49.3 Å². The van der Waals surface area contributed by atoms with E-state index in [1.807, 2.05) is 4.90 Å². The van der Waals surface area contributed by atoms with Gasteiger partial charge in [-0.1, -0.05) is 6.07 Å². The molecule has 1 atom stereocenters. The van der Waals surface area contributed by atoms with Gasteiger partial charge in [0.1, 0.15) is 11.5 Å². The Morgan fingerprint density at radius 3 is 2.93 bits per heavy atom. The molecule has 1 aliphatic heterocycles. The minimum atomic E-state index is -0.111. The minimum absolute atomic E-state index is 0.0235. The highest BCUT2D eigenvalue weighted by atomic mass is 16.5. The first-order valence-electron chi connectivity index (χ1n) is 9.91. The molecule has 0 aliphatic carbocycles. The average Bonchev–Trinajstić information content (AvgIpc) is 2.74. The van der Waals surface area contributed by atoms with Gasteiger partial charge in [0.15, 0.2) is 6.29 Å². The van der Waals surface area contributed by atoms with Crippen LogP contribution in [0.15, 0.2) is 36.5 Å².